The lowest BCUT2D eigenvalue weighted by Crippen LogP contribution is -1.96. The SMILES string of the molecule is CS(=O)(=O)c1ccc2c(ccc3c2c[c]n3-c2ccc(N)cc2)c1. The van der Waals surface area contributed by atoms with Gasteiger partial charge in [-0.2, -0.15) is 0 Å². The number of nitrogens with two attached hydrogens (primary N) is 1. The summed E-state index contributed by atoms with van der Waals surface area (Å²) in [6.45, 7) is 0. The number of hydrogen-bond donors (Lipinski definition) is 1. The minimum atomic E-state index is -3.21. The Morgan fingerprint density at radius 3 is 2.42 bits per heavy atom. The summed E-state index contributed by atoms with van der Waals surface area (Å²) in [6.07, 6.45) is 4.46. The fourth-order valence-electron chi connectivity index (χ4n) is 2.93. The molecule has 0 aliphatic rings. The Hall–Kier alpha value is -2.79. The van der Waals surface area contributed by atoms with Crippen LogP contribution < -0.4 is 5.73 Å². The average Bonchev–Trinajstić information content (AvgIpc) is 2.98. The standard InChI is InChI=1S/C19H15N2O2S/c1-24(22,23)16-7-8-17-13(12-16)2-9-19-18(17)10-11-21(19)15-5-3-14(20)4-6-15/h2-10,12H,20H2,1H3. The van der Waals surface area contributed by atoms with Gasteiger partial charge in [0.05, 0.1) is 16.6 Å². The van der Waals surface area contributed by atoms with E-state index in [4.69, 9.17) is 5.73 Å². The van der Waals surface area contributed by atoms with Gasteiger partial charge in [-0.3, -0.25) is 0 Å². The molecule has 0 aliphatic carbocycles. The molecule has 0 saturated heterocycles. The second-order valence-electron chi connectivity index (χ2n) is 5.85. The number of fused-ring (bicyclic) bond motifs is 3. The Morgan fingerprint density at radius 1 is 0.958 bits per heavy atom. The van der Waals surface area contributed by atoms with Crippen molar-refractivity contribution in [3.8, 4) is 5.69 Å². The highest BCUT2D eigenvalue weighted by atomic mass is 32.2. The first-order valence-electron chi connectivity index (χ1n) is 7.45. The highest BCUT2D eigenvalue weighted by Crippen LogP contribution is 2.29. The average molecular weight is 335 g/mol. The van der Waals surface area contributed by atoms with Crippen molar-refractivity contribution in [3.05, 3.63) is 66.9 Å². The van der Waals surface area contributed by atoms with Gasteiger partial charge in [-0.1, -0.05) is 12.1 Å². The molecular formula is C19H15N2O2S. The van der Waals surface area contributed by atoms with Crippen molar-refractivity contribution < 1.29 is 8.42 Å². The van der Waals surface area contributed by atoms with Crippen LogP contribution in [0, 0.1) is 6.20 Å². The number of benzene rings is 3. The van der Waals surface area contributed by atoms with Crippen LogP contribution in [0.3, 0.4) is 0 Å². The van der Waals surface area contributed by atoms with Crippen molar-refractivity contribution in [2.24, 2.45) is 0 Å². The van der Waals surface area contributed by atoms with Crippen LogP contribution in [-0.2, 0) is 9.84 Å². The smallest absolute Gasteiger partial charge is 0.175 e. The Balaban J connectivity index is 1.95. The molecule has 0 bridgehead atoms. The summed E-state index contributed by atoms with van der Waals surface area (Å²) in [6, 6.07) is 18.7. The number of hydrogen-bond acceptors (Lipinski definition) is 3. The fourth-order valence-corrected chi connectivity index (χ4v) is 3.59. The fraction of sp³-hybridized carbons (Fsp3) is 0.0526. The normalized spacial score (nSPS) is 12.0. The van der Waals surface area contributed by atoms with E-state index in [0.29, 0.717) is 10.6 Å². The molecule has 24 heavy (non-hydrogen) atoms. The molecule has 0 atom stereocenters. The van der Waals surface area contributed by atoms with Crippen LogP contribution >= 0.6 is 0 Å². The molecule has 3 aromatic carbocycles. The number of aromatic nitrogens is 1. The third-order valence-corrected chi connectivity index (χ3v) is 5.28. The van der Waals surface area contributed by atoms with Gasteiger partial charge in [-0.05, 0) is 59.3 Å². The zero-order valence-corrected chi connectivity index (χ0v) is 13.8. The van der Waals surface area contributed by atoms with Crippen molar-refractivity contribution in [1.82, 2.24) is 4.57 Å². The van der Waals surface area contributed by atoms with Gasteiger partial charge < -0.3 is 10.3 Å². The van der Waals surface area contributed by atoms with Crippen LogP contribution in [0.5, 0.6) is 0 Å². The number of rotatable bonds is 2. The molecule has 1 aromatic heterocycles. The molecule has 5 heteroatoms. The van der Waals surface area contributed by atoms with E-state index in [1.165, 1.54) is 6.26 Å². The minimum Gasteiger partial charge on any atom is -0.399 e. The molecule has 1 radical (unpaired) electrons. The van der Waals surface area contributed by atoms with Gasteiger partial charge in [-0.15, -0.1) is 0 Å². The molecule has 4 aromatic rings. The van der Waals surface area contributed by atoms with Crippen molar-refractivity contribution in [2.45, 2.75) is 4.90 Å². The summed E-state index contributed by atoms with van der Waals surface area (Å²) >= 11 is 0. The van der Waals surface area contributed by atoms with Crippen LogP contribution in [-0.4, -0.2) is 19.2 Å². The Kier molecular flexibility index (Phi) is 3.15. The molecule has 1 heterocycles. The minimum absolute atomic E-state index is 0.330. The van der Waals surface area contributed by atoms with E-state index in [9.17, 15) is 8.42 Å². The largest absolute Gasteiger partial charge is 0.399 e. The van der Waals surface area contributed by atoms with Crippen LogP contribution in [0.2, 0.25) is 0 Å². The van der Waals surface area contributed by atoms with E-state index in [-0.39, 0.29) is 0 Å². The van der Waals surface area contributed by atoms with Crippen LogP contribution in [0.4, 0.5) is 5.69 Å². The summed E-state index contributed by atoms with van der Waals surface area (Å²) < 4.78 is 25.4. The number of nitrogen functional groups attached to an aromatic ring is 1. The Bertz CT molecular complexity index is 1170. The molecule has 4 rings (SSSR count). The third kappa shape index (κ3) is 2.34. The lowest BCUT2D eigenvalue weighted by molar-refractivity contribution is 0.602. The molecule has 119 valence electrons. The summed E-state index contributed by atoms with van der Waals surface area (Å²) in [5.74, 6) is 0. The third-order valence-electron chi connectivity index (χ3n) is 4.17. The quantitative estimate of drug-likeness (QED) is 0.570. The number of sulfone groups is 1. The monoisotopic (exact) mass is 335 g/mol. The van der Waals surface area contributed by atoms with E-state index in [2.05, 4.69) is 6.20 Å². The van der Waals surface area contributed by atoms with Gasteiger partial charge in [0.2, 0.25) is 0 Å². The van der Waals surface area contributed by atoms with Gasteiger partial charge in [0.25, 0.3) is 0 Å². The maximum atomic E-state index is 11.7. The molecule has 0 spiro atoms. The predicted molar refractivity (Wildman–Crippen MR) is 97.1 cm³/mol. The molecule has 0 amide bonds. The van der Waals surface area contributed by atoms with Crippen LogP contribution in [0.25, 0.3) is 27.4 Å². The lowest BCUT2D eigenvalue weighted by atomic mass is 10.1. The highest BCUT2D eigenvalue weighted by Gasteiger charge is 2.11. The predicted octanol–water partition coefficient (Wildman–Crippen LogP) is 3.57. The molecule has 0 saturated carbocycles. The lowest BCUT2D eigenvalue weighted by Gasteiger charge is -2.07. The molecular weight excluding hydrogens is 320 g/mol. The summed E-state index contributed by atoms with van der Waals surface area (Å²) in [5.41, 5.74) is 8.46. The van der Waals surface area contributed by atoms with Crippen molar-refractivity contribution in [1.29, 1.82) is 0 Å². The van der Waals surface area contributed by atoms with E-state index in [1.807, 2.05) is 53.1 Å². The zero-order valence-electron chi connectivity index (χ0n) is 13.0. The summed E-state index contributed by atoms with van der Waals surface area (Å²) in [4.78, 5) is 0.330. The second-order valence-corrected chi connectivity index (χ2v) is 7.87. The van der Waals surface area contributed by atoms with Crippen molar-refractivity contribution in [2.75, 3.05) is 12.0 Å². The van der Waals surface area contributed by atoms with Crippen LogP contribution in [0.1, 0.15) is 0 Å². The molecule has 0 aliphatic heterocycles. The highest BCUT2D eigenvalue weighted by molar-refractivity contribution is 7.90. The number of nitrogens with zero attached hydrogens (tertiary/aromatic N) is 1. The van der Waals surface area contributed by atoms with E-state index >= 15 is 0 Å². The topological polar surface area (TPSA) is 65.1 Å². The Labute approximate surface area is 140 Å². The van der Waals surface area contributed by atoms with Gasteiger partial charge in [-0.25, -0.2) is 8.42 Å². The van der Waals surface area contributed by atoms with Crippen molar-refractivity contribution >= 4 is 37.2 Å². The second kappa shape index (κ2) is 5.11. The van der Waals surface area contributed by atoms with Gasteiger partial charge in [0, 0.05) is 23.0 Å². The van der Waals surface area contributed by atoms with E-state index in [0.717, 1.165) is 27.4 Å². The van der Waals surface area contributed by atoms with Gasteiger partial charge in [0.15, 0.2) is 9.84 Å². The maximum Gasteiger partial charge on any atom is 0.175 e. The maximum absolute atomic E-state index is 11.7. The first-order chi connectivity index (χ1) is 11.4. The van der Waals surface area contributed by atoms with Crippen LogP contribution in [0.15, 0.2) is 65.6 Å². The summed E-state index contributed by atoms with van der Waals surface area (Å²) in [5, 5.41) is 2.93. The number of anilines is 1. The molecule has 4 nitrogen and oxygen atoms in total. The molecule has 0 unspecified atom stereocenters. The van der Waals surface area contributed by atoms with E-state index < -0.39 is 9.84 Å². The zero-order chi connectivity index (χ0) is 16.9. The van der Waals surface area contributed by atoms with Gasteiger partial charge in [0.1, 0.15) is 0 Å². The first-order valence-corrected chi connectivity index (χ1v) is 9.34. The van der Waals surface area contributed by atoms with Crippen molar-refractivity contribution in [3.63, 3.8) is 0 Å². The Morgan fingerprint density at radius 2 is 1.71 bits per heavy atom. The van der Waals surface area contributed by atoms with Gasteiger partial charge >= 0.3 is 0 Å². The first kappa shape index (κ1) is 14.8. The molecule has 0 fully saturated rings. The molecule has 2 N–H and O–H groups in total. The van der Waals surface area contributed by atoms with E-state index in [1.54, 1.807) is 12.1 Å². The summed E-state index contributed by atoms with van der Waals surface area (Å²) in [7, 11) is -3.21.